The van der Waals surface area contributed by atoms with Crippen LogP contribution in [0.3, 0.4) is 0 Å². The third-order valence-corrected chi connectivity index (χ3v) is 4.75. The summed E-state index contributed by atoms with van der Waals surface area (Å²) in [5.41, 5.74) is 0. The van der Waals surface area contributed by atoms with E-state index in [9.17, 15) is 9.90 Å². The Bertz CT molecular complexity index is 278. The van der Waals surface area contributed by atoms with Gasteiger partial charge in [-0.2, -0.15) is 0 Å². The van der Waals surface area contributed by atoms with Crippen LogP contribution in [-0.4, -0.2) is 35.1 Å². The summed E-state index contributed by atoms with van der Waals surface area (Å²) >= 11 is 0. The van der Waals surface area contributed by atoms with E-state index in [4.69, 9.17) is 0 Å². The van der Waals surface area contributed by atoms with Gasteiger partial charge in [-0.15, -0.1) is 0 Å². The second kappa shape index (κ2) is 11.1. The molecule has 1 saturated heterocycles. The summed E-state index contributed by atoms with van der Waals surface area (Å²) in [5, 5.41) is 9.56. The molecule has 1 N–H and O–H groups in total. The molecule has 3 nitrogen and oxygen atoms in total. The van der Waals surface area contributed by atoms with E-state index in [1.54, 1.807) is 0 Å². The highest BCUT2D eigenvalue weighted by atomic mass is 16.3. The molecule has 2 unspecified atom stereocenters. The van der Waals surface area contributed by atoms with Gasteiger partial charge in [0, 0.05) is 25.4 Å². The molecule has 1 heterocycles. The van der Waals surface area contributed by atoms with Gasteiger partial charge in [-0.05, 0) is 19.8 Å². The topological polar surface area (TPSA) is 40.5 Å². The van der Waals surface area contributed by atoms with Crippen molar-refractivity contribution in [2.24, 2.45) is 5.92 Å². The zero-order chi connectivity index (χ0) is 15.5. The predicted octanol–water partition coefficient (Wildman–Crippen LogP) is 4.14. The van der Waals surface area contributed by atoms with Crippen molar-refractivity contribution in [2.45, 2.75) is 90.6 Å². The van der Waals surface area contributed by atoms with Crippen molar-refractivity contribution < 1.29 is 9.90 Å². The monoisotopic (exact) mass is 297 g/mol. The number of aliphatic hydroxyl groups is 1. The summed E-state index contributed by atoms with van der Waals surface area (Å²) in [6.07, 6.45) is 13.0. The first-order valence-electron chi connectivity index (χ1n) is 9.11. The molecule has 0 aliphatic carbocycles. The van der Waals surface area contributed by atoms with E-state index in [1.165, 1.54) is 51.4 Å². The van der Waals surface area contributed by atoms with Crippen molar-refractivity contribution in [3.05, 3.63) is 0 Å². The van der Waals surface area contributed by atoms with Crippen molar-refractivity contribution in [2.75, 3.05) is 13.1 Å². The van der Waals surface area contributed by atoms with Crippen LogP contribution < -0.4 is 0 Å². The summed E-state index contributed by atoms with van der Waals surface area (Å²) in [6, 6.07) is 0. The normalized spacial score (nSPS) is 20.0. The van der Waals surface area contributed by atoms with E-state index in [0.29, 0.717) is 12.3 Å². The Morgan fingerprint density at radius 1 is 1.10 bits per heavy atom. The van der Waals surface area contributed by atoms with Gasteiger partial charge in [-0.25, -0.2) is 0 Å². The zero-order valence-electron chi connectivity index (χ0n) is 14.1. The summed E-state index contributed by atoms with van der Waals surface area (Å²) in [5.74, 6) is 0.582. The molecule has 1 rings (SSSR count). The van der Waals surface area contributed by atoms with Crippen LogP contribution >= 0.6 is 0 Å². The van der Waals surface area contributed by atoms with Crippen molar-refractivity contribution in [1.82, 2.24) is 4.90 Å². The fraction of sp³-hybridized carbons (Fsp3) is 0.944. The smallest absolute Gasteiger partial charge is 0.222 e. The van der Waals surface area contributed by atoms with Crippen LogP contribution in [0.15, 0.2) is 0 Å². The number of hydrogen-bond acceptors (Lipinski definition) is 2. The third kappa shape index (κ3) is 7.85. The Hall–Kier alpha value is -0.570. The second-order valence-electron chi connectivity index (χ2n) is 6.71. The van der Waals surface area contributed by atoms with Gasteiger partial charge in [0.2, 0.25) is 5.91 Å². The maximum Gasteiger partial charge on any atom is 0.222 e. The van der Waals surface area contributed by atoms with Crippen LogP contribution in [0.25, 0.3) is 0 Å². The lowest BCUT2D eigenvalue weighted by molar-refractivity contribution is -0.130. The first-order valence-corrected chi connectivity index (χ1v) is 9.11. The first-order chi connectivity index (χ1) is 10.1. The molecule has 0 aromatic carbocycles. The zero-order valence-corrected chi connectivity index (χ0v) is 14.1. The number of hydrogen-bond donors (Lipinski definition) is 1. The largest absolute Gasteiger partial charge is 0.393 e. The lowest BCUT2D eigenvalue weighted by atomic mass is 10.0. The van der Waals surface area contributed by atoms with Gasteiger partial charge in [0.1, 0.15) is 0 Å². The van der Waals surface area contributed by atoms with Crippen LogP contribution in [-0.2, 0) is 4.79 Å². The van der Waals surface area contributed by atoms with Crippen molar-refractivity contribution in [1.29, 1.82) is 0 Å². The van der Waals surface area contributed by atoms with Gasteiger partial charge in [-0.3, -0.25) is 4.79 Å². The van der Waals surface area contributed by atoms with Gasteiger partial charge in [0.05, 0.1) is 6.10 Å². The number of unbranched alkanes of at least 4 members (excludes halogenated alkanes) is 8. The molecule has 0 aromatic heterocycles. The molecule has 0 bridgehead atoms. The van der Waals surface area contributed by atoms with Crippen LogP contribution in [0.4, 0.5) is 0 Å². The fourth-order valence-corrected chi connectivity index (χ4v) is 3.15. The minimum absolute atomic E-state index is 0.282. The van der Waals surface area contributed by atoms with Crippen LogP contribution in [0.2, 0.25) is 0 Å². The molecule has 0 radical (unpaired) electrons. The van der Waals surface area contributed by atoms with E-state index in [1.807, 2.05) is 11.8 Å². The molecule has 1 fully saturated rings. The van der Waals surface area contributed by atoms with E-state index in [2.05, 4.69) is 6.92 Å². The quantitative estimate of drug-likeness (QED) is 0.582. The van der Waals surface area contributed by atoms with Gasteiger partial charge in [0.25, 0.3) is 0 Å². The highest BCUT2D eigenvalue weighted by Gasteiger charge is 2.28. The maximum atomic E-state index is 12.1. The number of carbonyl (C=O) groups is 1. The highest BCUT2D eigenvalue weighted by molar-refractivity contribution is 5.76. The molecular formula is C18H35NO2. The third-order valence-electron chi connectivity index (χ3n) is 4.75. The van der Waals surface area contributed by atoms with E-state index in [0.717, 1.165) is 25.9 Å². The molecule has 0 aromatic rings. The lowest BCUT2D eigenvalue weighted by Gasteiger charge is -2.17. The molecule has 124 valence electrons. The Balaban J connectivity index is 1.94. The van der Waals surface area contributed by atoms with Crippen LogP contribution in [0.1, 0.15) is 84.5 Å². The van der Waals surface area contributed by atoms with Gasteiger partial charge in [-0.1, -0.05) is 58.3 Å². The Morgan fingerprint density at radius 2 is 1.67 bits per heavy atom. The van der Waals surface area contributed by atoms with Crippen LogP contribution in [0, 0.1) is 5.92 Å². The Kier molecular flexibility index (Phi) is 9.73. The molecule has 0 saturated carbocycles. The first kappa shape index (κ1) is 18.5. The molecule has 3 heteroatoms. The van der Waals surface area contributed by atoms with E-state index < -0.39 is 0 Å². The number of nitrogens with zero attached hydrogens (tertiary/aromatic N) is 1. The Morgan fingerprint density at radius 3 is 2.19 bits per heavy atom. The van der Waals surface area contributed by atoms with E-state index in [-0.39, 0.29) is 12.0 Å². The molecule has 0 spiro atoms. The molecule has 1 aliphatic rings. The molecule has 21 heavy (non-hydrogen) atoms. The number of rotatable bonds is 11. The summed E-state index contributed by atoms with van der Waals surface area (Å²) in [4.78, 5) is 14.0. The number of carbonyl (C=O) groups excluding carboxylic acids is 1. The summed E-state index contributed by atoms with van der Waals surface area (Å²) in [6.45, 7) is 5.68. The van der Waals surface area contributed by atoms with Gasteiger partial charge < -0.3 is 10.0 Å². The SMILES string of the molecule is CCCCCCCCCCCC(=O)N1CCC(C(C)O)C1. The molecule has 1 aliphatic heterocycles. The maximum absolute atomic E-state index is 12.1. The molecular weight excluding hydrogens is 262 g/mol. The number of likely N-dealkylation sites (tertiary alicyclic amines) is 1. The number of aliphatic hydroxyl groups excluding tert-OH is 1. The molecule has 2 atom stereocenters. The standard InChI is InChI=1S/C18H35NO2/c1-3-4-5-6-7-8-9-10-11-12-18(21)19-14-13-17(15-19)16(2)20/h16-17,20H,3-15H2,1-2H3. The Labute approximate surface area is 131 Å². The summed E-state index contributed by atoms with van der Waals surface area (Å²) < 4.78 is 0. The summed E-state index contributed by atoms with van der Waals surface area (Å²) in [7, 11) is 0. The molecule has 1 amide bonds. The lowest BCUT2D eigenvalue weighted by Crippen LogP contribution is -2.30. The van der Waals surface area contributed by atoms with Crippen molar-refractivity contribution in [3.8, 4) is 0 Å². The number of amides is 1. The van der Waals surface area contributed by atoms with Crippen molar-refractivity contribution in [3.63, 3.8) is 0 Å². The van der Waals surface area contributed by atoms with Crippen LogP contribution in [0.5, 0.6) is 0 Å². The fourth-order valence-electron chi connectivity index (χ4n) is 3.15. The van der Waals surface area contributed by atoms with Crippen molar-refractivity contribution >= 4 is 5.91 Å². The average Bonchev–Trinajstić information content (AvgIpc) is 2.95. The highest BCUT2D eigenvalue weighted by Crippen LogP contribution is 2.21. The average molecular weight is 297 g/mol. The van der Waals surface area contributed by atoms with E-state index >= 15 is 0 Å². The predicted molar refractivity (Wildman–Crippen MR) is 88.2 cm³/mol. The van der Waals surface area contributed by atoms with Gasteiger partial charge >= 0.3 is 0 Å². The second-order valence-corrected chi connectivity index (χ2v) is 6.71. The minimum atomic E-state index is -0.282. The van der Waals surface area contributed by atoms with Gasteiger partial charge in [0.15, 0.2) is 0 Å². The minimum Gasteiger partial charge on any atom is -0.393 e.